The molecule has 2 aromatic heterocycles. The molecule has 0 fully saturated rings. The fourth-order valence-electron chi connectivity index (χ4n) is 3.04. The Bertz CT molecular complexity index is 990. The minimum absolute atomic E-state index is 0.577. The van der Waals surface area contributed by atoms with Crippen LogP contribution in [0.3, 0.4) is 0 Å². The minimum Gasteiger partial charge on any atom is -0.361 e. The van der Waals surface area contributed by atoms with Gasteiger partial charge in [0.25, 0.3) is 0 Å². The number of nitrogens with zero attached hydrogens (tertiary/aromatic N) is 1. The second-order valence-electron chi connectivity index (χ2n) is 5.92. The van der Waals surface area contributed by atoms with Gasteiger partial charge in [0.15, 0.2) is 0 Å². The first-order valence-corrected chi connectivity index (χ1v) is 8.49. The molecular formula is C20H18ClN3. The van der Waals surface area contributed by atoms with E-state index in [4.69, 9.17) is 11.6 Å². The average Bonchev–Trinajstić information content (AvgIpc) is 3.02. The van der Waals surface area contributed by atoms with E-state index in [2.05, 4.69) is 57.9 Å². The van der Waals surface area contributed by atoms with Crippen molar-refractivity contribution in [3.63, 3.8) is 0 Å². The van der Waals surface area contributed by atoms with Crippen molar-refractivity contribution in [3.8, 4) is 0 Å². The molecule has 0 unspecified atom stereocenters. The number of para-hydroxylation sites is 2. The van der Waals surface area contributed by atoms with Crippen LogP contribution in [0, 0.1) is 0 Å². The predicted octanol–water partition coefficient (Wildman–Crippen LogP) is 4.70. The summed E-state index contributed by atoms with van der Waals surface area (Å²) >= 11 is 6.30. The Morgan fingerprint density at radius 3 is 2.79 bits per heavy atom. The van der Waals surface area contributed by atoms with E-state index in [9.17, 15) is 0 Å². The SMILES string of the molecule is Clc1nc2ccccc2cc1CNCCc1c[nH]c2ccccc12. The van der Waals surface area contributed by atoms with Gasteiger partial charge in [0, 0.05) is 34.6 Å². The first-order valence-electron chi connectivity index (χ1n) is 8.11. The Morgan fingerprint density at radius 1 is 1.00 bits per heavy atom. The molecule has 0 bridgehead atoms. The van der Waals surface area contributed by atoms with Crippen LogP contribution in [0.5, 0.6) is 0 Å². The van der Waals surface area contributed by atoms with Crippen molar-refractivity contribution in [3.05, 3.63) is 77.1 Å². The van der Waals surface area contributed by atoms with Crippen LogP contribution < -0.4 is 5.32 Å². The van der Waals surface area contributed by atoms with Gasteiger partial charge in [-0.2, -0.15) is 0 Å². The number of pyridine rings is 1. The van der Waals surface area contributed by atoms with Crippen LogP contribution in [-0.2, 0) is 13.0 Å². The first kappa shape index (κ1) is 15.2. The molecule has 0 saturated heterocycles. The summed E-state index contributed by atoms with van der Waals surface area (Å²) in [5.41, 5.74) is 4.49. The summed E-state index contributed by atoms with van der Waals surface area (Å²) in [4.78, 5) is 7.78. The summed E-state index contributed by atoms with van der Waals surface area (Å²) in [7, 11) is 0. The van der Waals surface area contributed by atoms with Crippen LogP contribution in [0.4, 0.5) is 0 Å². The second kappa shape index (κ2) is 6.63. The molecule has 120 valence electrons. The number of aromatic nitrogens is 2. The summed E-state index contributed by atoms with van der Waals surface area (Å²) in [6.07, 6.45) is 3.07. The number of hydrogen-bond acceptors (Lipinski definition) is 2. The van der Waals surface area contributed by atoms with Crippen molar-refractivity contribution in [2.24, 2.45) is 0 Å². The molecular weight excluding hydrogens is 318 g/mol. The zero-order valence-electron chi connectivity index (χ0n) is 13.2. The Labute approximate surface area is 145 Å². The standard InChI is InChI=1S/C20H18ClN3/c21-20-16(11-14-5-1-3-7-18(14)24-20)12-22-10-9-15-13-23-19-8-4-2-6-17(15)19/h1-8,11,13,22-23H,9-10,12H2. The van der Waals surface area contributed by atoms with E-state index in [1.807, 2.05) is 18.2 Å². The van der Waals surface area contributed by atoms with E-state index in [0.29, 0.717) is 5.15 Å². The van der Waals surface area contributed by atoms with Gasteiger partial charge in [0.2, 0.25) is 0 Å². The number of fused-ring (bicyclic) bond motifs is 2. The molecule has 2 heterocycles. The Morgan fingerprint density at radius 2 is 1.83 bits per heavy atom. The lowest BCUT2D eigenvalue weighted by molar-refractivity contribution is 0.687. The number of H-pyrrole nitrogens is 1. The highest BCUT2D eigenvalue weighted by molar-refractivity contribution is 6.30. The molecule has 0 aliphatic rings. The van der Waals surface area contributed by atoms with Gasteiger partial charge in [-0.1, -0.05) is 48.0 Å². The molecule has 0 atom stereocenters. The van der Waals surface area contributed by atoms with Crippen LogP contribution in [0.15, 0.2) is 60.8 Å². The average molecular weight is 336 g/mol. The third kappa shape index (κ3) is 3.01. The molecule has 4 rings (SSSR count). The van der Waals surface area contributed by atoms with Crippen molar-refractivity contribution in [1.82, 2.24) is 15.3 Å². The van der Waals surface area contributed by atoms with E-state index >= 15 is 0 Å². The highest BCUT2D eigenvalue weighted by Gasteiger charge is 2.06. The number of benzene rings is 2. The van der Waals surface area contributed by atoms with E-state index in [1.54, 1.807) is 0 Å². The summed E-state index contributed by atoms with van der Waals surface area (Å²) in [6.45, 7) is 1.62. The first-order chi connectivity index (χ1) is 11.8. The van der Waals surface area contributed by atoms with Crippen LogP contribution in [0.1, 0.15) is 11.1 Å². The van der Waals surface area contributed by atoms with Gasteiger partial charge in [-0.15, -0.1) is 0 Å². The Balaban J connectivity index is 1.41. The summed E-state index contributed by atoms with van der Waals surface area (Å²) in [5, 5.41) is 6.47. The smallest absolute Gasteiger partial charge is 0.134 e. The van der Waals surface area contributed by atoms with E-state index in [0.717, 1.165) is 36.0 Å². The maximum atomic E-state index is 6.30. The fraction of sp³-hybridized carbons (Fsp3) is 0.150. The number of rotatable bonds is 5. The maximum absolute atomic E-state index is 6.30. The molecule has 0 amide bonds. The van der Waals surface area contributed by atoms with Crippen molar-refractivity contribution in [1.29, 1.82) is 0 Å². The van der Waals surface area contributed by atoms with Crippen LogP contribution >= 0.6 is 11.6 Å². The van der Waals surface area contributed by atoms with Gasteiger partial charge in [-0.25, -0.2) is 4.98 Å². The van der Waals surface area contributed by atoms with Gasteiger partial charge in [-0.05, 0) is 36.7 Å². The van der Waals surface area contributed by atoms with E-state index in [1.165, 1.54) is 16.5 Å². The third-order valence-corrected chi connectivity index (χ3v) is 4.64. The quantitative estimate of drug-likeness (QED) is 0.410. The lowest BCUT2D eigenvalue weighted by Gasteiger charge is -2.08. The Kier molecular flexibility index (Phi) is 4.20. The van der Waals surface area contributed by atoms with Crippen molar-refractivity contribution in [2.45, 2.75) is 13.0 Å². The molecule has 0 aliphatic carbocycles. The molecule has 2 aromatic carbocycles. The second-order valence-corrected chi connectivity index (χ2v) is 6.28. The molecule has 2 N–H and O–H groups in total. The van der Waals surface area contributed by atoms with Gasteiger partial charge >= 0.3 is 0 Å². The van der Waals surface area contributed by atoms with Crippen LogP contribution in [0.25, 0.3) is 21.8 Å². The molecule has 0 spiro atoms. The molecule has 0 radical (unpaired) electrons. The monoisotopic (exact) mass is 335 g/mol. The molecule has 0 saturated carbocycles. The van der Waals surface area contributed by atoms with Crippen molar-refractivity contribution >= 4 is 33.4 Å². The van der Waals surface area contributed by atoms with Crippen molar-refractivity contribution < 1.29 is 0 Å². The zero-order valence-corrected chi connectivity index (χ0v) is 14.0. The lowest BCUT2D eigenvalue weighted by atomic mass is 10.1. The van der Waals surface area contributed by atoms with E-state index in [-0.39, 0.29) is 0 Å². The highest BCUT2D eigenvalue weighted by Crippen LogP contribution is 2.21. The summed E-state index contributed by atoms with van der Waals surface area (Å²) in [6, 6.07) is 18.5. The van der Waals surface area contributed by atoms with Gasteiger partial charge in [0.1, 0.15) is 5.15 Å². The molecule has 4 aromatic rings. The Hall–Kier alpha value is -2.36. The van der Waals surface area contributed by atoms with Gasteiger partial charge in [-0.3, -0.25) is 0 Å². The summed E-state index contributed by atoms with van der Waals surface area (Å²) in [5.74, 6) is 0. The van der Waals surface area contributed by atoms with Gasteiger partial charge in [0.05, 0.1) is 5.52 Å². The molecule has 24 heavy (non-hydrogen) atoms. The largest absolute Gasteiger partial charge is 0.361 e. The lowest BCUT2D eigenvalue weighted by Crippen LogP contribution is -2.17. The normalized spacial score (nSPS) is 11.4. The minimum atomic E-state index is 0.577. The molecule has 3 nitrogen and oxygen atoms in total. The fourth-order valence-corrected chi connectivity index (χ4v) is 3.26. The van der Waals surface area contributed by atoms with Crippen molar-refractivity contribution in [2.75, 3.05) is 6.54 Å². The van der Waals surface area contributed by atoms with Crippen LogP contribution in [0.2, 0.25) is 5.15 Å². The zero-order chi connectivity index (χ0) is 16.4. The number of halogens is 1. The number of aromatic amines is 1. The summed E-state index contributed by atoms with van der Waals surface area (Å²) < 4.78 is 0. The van der Waals surface area contributed by atoms with Crippen LogP contribution in [-0.4, -0.2) is 16.5 Å². The number of hydrogen-bond donors (Lipinski definition) is 2. The molecule has 4 heteroatoms. The third-order valence-electron chi connectivity index (χ3n) is 4.31. The van der Waals surface area contributed by atoms with E-state index < -0.39 is 0 Å². The highest BCUT2D eigenvalue weighted by atomic mass is 35.5. The molecule has 0 aliphatic heterocycles. The topological polar surface area (TPSA) is 40.7 Å². The predicted molar refractivity (Wildman–Crippen MR) is 100 cm³/mol. The maximum Gasteiger partial charge on any atom is 0.134 e. The van der Waals surface area contributed by atoms with Gasteiger partial charge < -0.3 is 10.3 Å². The number of nitrogens with one attached hydrogen (secondary N) is 2.